The van der Waals surface area contributed by atoms with Gasteiger partial charge in [0.2, 0.25) is 21.8 Å². The molecule has 3 aromatic carbocycles. The first-order valence-corrected chi connectivity index (χ1v) is 14.4. The maximum Gasteiger partial charge on any atom is 0.244 e. The van der Waals surface area contributed by atoms with Gasteiger partial charge in [-0.15, -0.1) is 0 Å². The number of hydrogen-bond donors (Lipinski definition) is 1. The fourth-order valence-corrected chi connectivity index (χ4v) is 4.88. The van der Waals surface area contributed by atoms with Crippen molar-refractivity contribution in [2.75, 3.05) is 17.1 Å². The zero-order chi connectivity index (χ0) is 28.6. The van der Waals surface area contributed by atoms with Gasteiger partial charge in [-0.3, -0.25) is 13.9 Å². The Morgan fingerprint density at radius 2 is 1.54 bits per heavy atom. The second-order valence-electron chi connectivity index (χ2n) is 9.38. The molecule has 0 aliphatic rings. The number of nitrogens with zero attached hydrogens (tertiary/aromatic N) is 2. The van der Waals surface area contributed by atoms with E-state index in [1.54, 1.807) is 6.07 Å². The highest BCUT2D eigenvalue weighted by Gasteiger charge is 2.33. The highest BCUT2D eigenvalue weighted by atomic mass is 32.2. The summed E-state index contributed by atoms with van der Waals surface area (Å²) in [4.78, 5) is 28.7. The van der Waals surface area contributed by atoms with Crippen molar-refractivity contribution in [3.63, 3.8) is 0 Å². The first-order valence-electron chi connectivity index (χ1n) is 12.6. The minimum absolute atomic E-state index is 0.0850. The number of benzene rings is 3. The highest BCUT2D eigenvalue weighted by Crippen LogP contribution is 2.21. The summed E-state index contributed by atoms with van der Waals surface area (Å²) in [6, 6.07) is 18.4. The molecule has 0 fully saturated rings. The van der Waals surface area contributed by atoms with Gasteiger partial charge in [0.15, 0.2) is 0 Å². The van der Waals surface area contributed by atoms with Crippen LogP contribution in [0.1, 0.15) is 31.4 Å². The fourth-order valence-electron chi connectivity index (χ4n) is 4.03. The van der Waals surface area contributed by atoms with Crippen molar-refractivity contribution in [1.29, 1.82) is 0 Å². The molecule has 3 aromatic rings. The van der Waals surface area contributed by atoms with Gasteiger partial charge in [0, 0.05) is 24.6 Å². The molecule has 3 rings (SSSR count). The Kier molecular flexibility index (Phi) is 10.2. The van der Waals surface area contributed by atoms with E-state index in [0.717, 1.165) is 28.3 Å². The number of rotatable bonds is 12. The Balaban J connectivity index is 2.06. The molecule has 0 aliphatic carbocycles. The second kappa shape index (κ2) is 13.3. The molecule has 2 atom stereocenters. The van der Waals surface area contributed by atoms with Gasteiger partial charge in [-0.2, -0.15) is 0 Å². The molecule has 7 nitrogen and oxygen atoms in total. The molecular formula is C29H33F2N3O4S. The number of nitrogens with one attached hydrogen (secondary N) is 1. The molecule has 0 bridgehead atoms. The lowest BCUT2D eigenvalue weighted by Gasteiger charge is -2.34. The lowest BCUT2D eigenvalue weighted by Crippen LogP contribution is -2.54. The molecule has 39 heavy (non-hydrogen) atoms. The first-order chi connectivity index (χ1) is 18.5. The van der Waals surface area contributed by atoms with Crippen LogP contribution in [0.2, 0.25) is 0 Å². The molecule has 2 amide bonds. The predicted octanol–water partition coefficient (Wildman–Crippen LogP) is 4.29. The monoisotopic (exact) mass is 557 g/mol. The van der Waals surface area contributed by atoms with Crippen molar-refractivity contribution in [3.8, 4) is 0 Å². The summed E-state index contributed by atoms with van der Waals surface area (Å²) >= 11 is 0. The van der Waals surface area contributed by atoms with Gasteiger partial charge >= 0.3 is 0 Å². The van der Waals surface area contributed by atoms with Crippen molar-refractivity contribution < 1.29 is 26.8 Å². The number of sulfonamides is 1. The van der Waals surface area contributed by atoms with Crippen LogP contribution in [0.4, 0.5) is 14.5 Å². The van der Waals surface area contributed by atoms with Crippen LogP contribution in [0.3, 0.4) is 0 Å². The Bertz CT molecular complexity index is 1370. The average molecular weight is 558 g/mol. The smallest absolute Gasteiger partial charge is 0.244 e. The molecule has 1 N–H and O–H groups in total. The summed E-state index contributed by atoms with van der Waals surface area (Å²) in [6.45, 7) is 2.81. The lowest BCUT2D eigenvalue weighted by molar-refractivity contribution is -0.140. The van der Waals surface area contributed by atoms with Gasteiger partial charge in [0.1, 0.15) is 24.2 Å². The van der Waals surface area contributed by atoms with E-state index in [1.165, 1.54) is 35.2 Å². The van der Waals surface area contributed by atoms with Crippen molar-refractivity contribution in [2.45, 2.75) is 45.3 Å². The summed E-state index contributed by atoms with van der Waals surface area (Å²) in [5.41, 5.74) is 1.03. The summed E-state index contributed by atoms with van der Waals surface area (Å²) in [7, 11) is -3.98. The molecule has 0 saturated heterocycles. The maximum absolute atomic E-state index is 14.7. The minimum Gasteiger partial charge on any atom is -0.352 e. The Morgan fingerprint density at radius 1 is 0.923 bits per heavy atom. The van der Waals surface area contributed by atoms with Crippen LogP contribution in [0, 0.1) is 11.6 Å². The number of amides is 2. The SMILES string of the molecule is CC[C@@H](C)NC(=O)[C@H](Cc1ccccc1)N(Cc1ccccc1F)C(=O)CN(c1ccc(F)cc1)S(C)(=O)=O. The second-order valence-corrected chi connectivity index (χ2v) is 11.3. The normalized spacial score (nSPS) is 12.8. The fraction of sp³-hybridized carbons (Fsp3) is 0.310. The van der Waals surface area contributed by atoms with Crippen LogP contribution in [0.25, 0.3) is 0 Å². The molecule has 0 heterocycles. The summed E-state index contributed by atoms with van der Waals surface area (Å²) in [5.74, 6) is -2.28. The molecule has 0 unspecified atom stereocenters. The summed E-state index contributed by atoms with van der Waals surface area (Å²) in [6.07, 6.45) is 1.71. The van der Waals surface area contributed by atoms with E-state index >= 15 is 0 Å². The molecule has 10 heteroatoms. The van der Waals surface area contributed by atoms with Gasteiger partial charge in [-0.25, -0.2) is 17.2 Å². The zero-order valence-corrected chi connectivity index (χ0v) is 23.0. The molecule has 0 radical (unpaired) electrons. The maximum atomic E-state index is 14.7. The number of carbonyl (C=O) groups excluding carboxylic acids is 2. The van der Waals surface area contributed by atoms with Gasteiger partial charge in [-0.1, -0.05) is 55.5 Å². The van der Waals surface area contributed by atoms with E-state index < -0.39 is 46.1 Å². The molecule has 0 spiro atoms. The third-order valence-electron chi connectivity index (χ3n) is 6.36. The van der Waals surface area contributed by atoms with Gasteiger partial charge in [0.05, 0.1) is 11.9 Å². The molecule has 0 saturated carbocycles. The third kappa shape index (κ3) is 8.35. The summed E-state index contributed by atoms with van der Waals surface area (Å²) in [5, 5.41) is 2.91. The van der Waals surface area contributed by atoms with Crippen LogP contribution < -0.4 is 9.62 Å². The van der Waals surface area contributed by atoms with Crippen molar-refractivity contribution in [3.05, 3.63) is 102 Å². The van der Waals surface area contributed by atoms with E-state index in [-0.39, 0.29) is 30.3 Å². The van der Waals surface area contributed by atoms with E-state index in [2.05, 4.69) is 5.32 Å². The predicted molar refractivity (Wildman–Crippen MR) is 147 cm³/mol. The van der Waals surface area contributed by atoms with Gasteiger partial charge in [-0.05, 0) is 49.2 Å². The number of anilines is 1. The zero-order valence-electron chi connectivity index (χ0n) is 22.2. The van der Waals surface area contributed by atoms with Crippen molar-refractivity contribution >= 4 is 27.5 Å². The van der Waals surface area contributed by atoms with E-state index in [4.69, 9.17) is 0 Å². The summed E-state index contributed by atoms with van der Waals surface area (Å²) < 4.78 is 54.5. The van der Waals surface area contributed by atoms with E-state index in [1.807, 2.05) is 44.2 Å². The van der Waals surface area contributed by atoms with Crippen LogP contribution in [-0.4, -0.2) is 50.0 Å². The molecular weight excluding hydrogens is 524 g/mol. The number of carbonyl (C=O) groups is 2. The Morgan fingerprint density at radius 3 is 2.13 bits per heavy atom. The quantitative estimate of drug-likeness (QED) is 0.360. The van der Waals surface area contributed by atoms with Crippen molar-refractivity contribution in [1.82, 2.24) is 10.2 Å². The Labute approximate surface area is 228 Å². The van der Waals surface area contributed by atoms with Crippen LogP contribution in [-0.2, 0) is 32.6 Å². The van der Waals surface area contributed by atoms with Crippen molar-refractivity contribution in [2.24, 2.45) is 0 Å². The lowest BCUT2D eigenvalue weighted by atomic mass is 10.0. The minimum atomic E-state index is -3.98. The number of halogens is 2. The Hall–Kier alpha value is -3.79. The topological polar surface area (TPSA) is 86.8 Å². The van der Waals surface area contributed by atoms with E-state index in [9.17, 15) is 26.8 Å². The first kappa shape index (κ1) is 29.8. The molecule has 208 valence electrons. The standard InChI is InChI=1S/C29H33F2N3O4S/c1-4-21(2)32-29(36)27(18-22-10-6-5-7-11-22)33(19-23-12-8-9-13-26(23)31)28(35)20-34(39(3,37)38)25-16-14-24(30)15-17-25/h5-17,21,27H,4,18-20H2,1-3H3,(H,32,36)/t21-,27+/m1/s1. The average Bonchev–Trinajstić information content (AvgIpc) is 2.90. The van der Waals surface area contributed by atoms with Crippen LogP contribution >= 0.6 is 0 Å². The van der Waals surface area contributed by atoms with Crippen LogP contribution in [0.5, 0.6) is 0 Å². The molecule has 0 aromatic heterocycles. The third-order valence-corrected chi connectivity index (χ3v) is 7.51. The van der Waals surface area contributed by atoms with Crippen LogP contribution in [0.15, 0.2) is 78.9 Å². The molecule has 0 aliphatic heterocycles. The van der Waals surface area contributed by atoms with Gasteiger partial charge in [0.25, 0.3) is 0 Å². The van der Waals surface area contributed by atoms with Gasteiger partial charge < -0.3 is 10.2 Å². The highest BCUT2D eigenvalue weighted by molar-refractivity contribution is 7.92. The number of hydrogen-bond acceptors (Lipinski definition) is 4. The largest absolute Gasteiger partial charge is 0.352 e. The van der Waals surface area contributed by atoms with E-state index in [0.29, 0.717) is 6.42 Å².